The molecule has 17 heavy (non-hydrogen) atoms. The van der Waals surface area contributed by atoms with Crippen LogP contribution in [0.15, 0.2) is 0 Å². The molecule has 0 aromatic carbocycles. The van der Waals surface area contributed by atoms with E-state index in [-0.39, 0.29) is 0 Å². The Morgan fingerprint density at radius 2 is 1.76 bits per heavy atom. The van der Waals surface area contributed by atoms with Crippen molar-refractivity contribution in [1.29, 1.82) is 0 Å². The van der Waals surface area contributed by atoms with Crippen molar-refractivity contribution in [2.45, 2.75) is 49.9 Å². The summed E-state index contributed by atoms with van der Waals surface area (Å²) in [6, 6.07) is 0. The van der Waals surface area contributed by atoms with Crippen molar-refractivity contribution >= 4 is 5.97 Å². The first-order chi connectivity index (χ1) is 7.76. The van der Waals surface area contributed by atoms with E-state index in [2.05, 4.69) is 0 Å². The summed E-state index contributed by atoms with van der Waals surface area (Å²) in [6.45, 7) is 0. The molecule has 4 aliphatic rings. The zero-order valence-electron chi connectivity index (χ0n) is 9.72. The lowest BCUT2D eigenvalue weighted by Gasteiger charge is -2.62. The summed E-state index contributed by atoms with van der Waals surface area (Å²) in [6.07, 6.45) is 4.10. The molecule has 96 valence electrons. The van der Waals surface area contributed by atoms with Crippen LogP contribution in [-0.4, -0.2) is 32.6 Å². The van der Waals surface area contributed by atoms with E-state index in [4.69, 9.17) is 10.8 Å². The number of nitrogens with two attached hydrogens (primary N) is 1. The van der Waals surface area contributed by atoms with Gasteiger partial charge in [-0.3, -0.25) is 5.73 Å². The lowest BCUT2D eigenvalue weighted by molar-refractivity contribution is -0.233. The smallest absolute Gasteiger partial charge is 0.351 e. The Bertz CT molecular complexity index is 365. The lowest BCUT2D eigenvalue weighted by Crippen LogP contribution is -2.69. The van der Waals surface area contributed by atoms with E-state index >= 15 is 0 Å². The average molecular weight is 241 g/mol. The zero-order chi connectivity index (χ0) is 12.5. The van der Waals surface area contributed by atoms with Crippen molar-refractivity contribution < 1.29 is 20.1 Å². The van der Waals surface area contributed by atoms with Crippen LogP contribution < -0.4 is 5.73 Å². The van der Waals surface area contributed by atoms with Crippen LogP contribution in [0.1, 0.15) is 38.5 Å². The molecule has 0 saturated heterocycles. The van der Waals surface area contributed by atoms with Gasteiger partial charge in [0.15, 0.2) is 0 Å². The van der Waals surface area contributed by atoms with Crippen molar-refractivity contribution in [2.24, 2.45) is 23.0 Å². The number of hydrogen-bond acceptors (Lipinski definition) is 4. The molecule has 0 heterocycles. The Labute approximate surface area is 99.6 Å². The molecule has 5 nitrogen and oxygen atoms in total. The summed E-state index contributed by atoms with van der Waals surface area (Å²) >= 11 is 0. The van der Waals surface area contributed by atoms with E-state index in [1.54, 1.807) is 0 Å². The second kappa shape index (κ2) is 3.02. The third-order valence-corrected chi connectivity index (χ3v) is 5.16. The van der Waals surface area contributed by atoms with Crippen LogP contribution in [0.4, 0.5) is 0 Å². The van der Waals surface area contributed by atoms with Gasteiger partial charge in [0.2, 0.25) is 5.72 Å². The number of aliphatic hydroxyl groups is 2. The molecule has 0 aliphatic heterocycles. The quantitative estimate of drug-likeness (QED) is 0.511. The van der Waals surface area contributed by atoms with Gasteiger partial charge >= 0.3 is 5.97 Å². The predicted molar refractivity (Wildman–Crippen MR) is 58.8 cm³/mol. The van der Waals surface area contributed by atoms with Gasteiger partial charge in [0.25, 0.3) is 0 Å². The molecule has 0 amide bonds. The summed E-state index contributed by atoms with van der Waals surface area (Å²) in [7, 11) is 0. The Morgan fingerprint density at radius 1 is 1.24 bits per heavy atom. The Morgan fingerprint density at radius 3 is 2.18 bits per heavy atom. The van der Waals surface area contributed by atoms with Crippen molar-refractivity contribution in [2.75, 3.05) is 0 Å². The molecule has 5 heteroatoms. The molecule has 0 radical (unpaired) electrons. The minimum atomic E-state index is -2.21. The minimum absolute atomic E-state index is 0.315. The van der Waals surface area contributed by atoms with E-state index in [1.165, 1.54) is 0 Å². The van der Waals surface area contributed by atoms with Gasteiger partial charge in [0, 0.05) is 5.41 Å². The zero-order valence-corrected chi connectivity index (χ0v) is 9.72. The van der Waals surface area contributed by atoms with Gasteiger partial charge in [-0.25, -0.2) is 4.79 Å². The molecule has 4 aliphatic carbocycles. The predicted octanol–water partition coefficient (Wildman–Crippen LogP) is 0.0496. The average Bonchev–Trinajstić information content (AvgIpc) is 2.12. The number of carbonyl (C=O) groups is 1. The van der Waals surface area contributed by atoms with Crippen molar-refractivity contribution in [3.05, 3.63) is 0 Å². The number of hydrogen-bond donors (Lipinski definition) is 4. The van der Waals surface area contributed by atoms with E-state index in [1.807, 2.05) is 0 Å². The SMILES string of the molecule is N[C@@](O)(C(=O)O)C12CC3CC(CC(O)(C3)C1)C2. The van der Waals surface area contributed by atoms with Gasteiger partial charge in [0.05, 0.1) is 5.60 Å². The first-order valence-corrected chi connectivity index (χ1v) is 6.23. The number of rotatable bonds is 2. The Balaban J connectivity index is 2.01. The van der Waals surface area contributed by atoms with Gasteiger partial charge in [0.1, 0.15) is 0 Å². The maximum Gasteiger partial charge on any atom is 0.351 e. The fourth-order valence-electron chi connectivity index (χ4n) is 4.89. The molecule has 4 rings (SSSR count). The number of carboxylic acids is 1. The van der Waals surface area contributed by atoms with Crippen LogP contribution in [-0.2, 0) is 4.79 Å². The van der Waals surface area contributed by atoms with E-state index in [0.29, 0.717) is 31.1 Å². The molecule has 0 aromatic heterocycles. The molecule has 0 aromatic rings. The van der Waals surface area contributed by atoms with Crippen LogP contribution in [0.25, 0.3) is 0 Å². The highest BCUT2D eigenvalue weighted by Crippen LogP contribution is 2.64. The summed E-state index contributed by atoms with van der Waals surface area (Å²) in [5.74, 6) is -0.741. The number of carboxylic acid groups (broad SMARTS) is 1. The van der Waals surface area contributed by atoms with Gasteiger partial charge in [-0.15, -0.1) is 0 Å². The Hall–Kier alpha value is -0.650. The summed E-state index contributed by atoms with van der Waals surface area (Å²) in [5.41, 5.74) is 1.82. The maximum absolute atomic E-state index is 11.2. The normalized spacial score (nSPS) is 51.2. The highest BCUT2D eigenvalue weighted by Gasteiger charge is 2.65. The first kappa shape index (κ1) is 11.4. The van der Waals surface area contributed by atoms with Gasteiger partial charge in [-0.1, -0.05) is 0 Å². The largest absolute Gasteiger partial charge is 0.478 e. The summed E-state index contributed by atoms with van der Waals surface area (Å²) in [5, 5.41) is 29.7. The highest BCUT2D eigenvalue weighted by atomic mass is 16.4. The fraction of sp³-hybridized carbons (Fsp3) is 0.917. The number of aliphatic carboxylic acids is 1. The van der Waals surface area contributed by atoms with Crippen LogP contribution in [0.2, 0.25) is 0 Å². The van der Waals surface area contributed by atoms with Crippen LogP contribution in [0.5, 0.6) is 0 Å². The Kier molecular flexibility index (Phi) is 2.03. The maximum atomic E-state index is 11.2. The van der Waals surface area contributed by atoms with Gasteiger partial charge in [-0.2, -0.15) is 0 Å². The van der Waals surface area contributed by atoms with Crippen molar-refractivity contribution in [3.8, 4) is 0 Å². The molecular weight excluding hydrogens is 222 g/mol. The van der Waals surface area contributed by atoms with E-state index < -0.39 is 22.7 Å². The summed E-state index contributed by atoms with van der Waals surface area (Å²) in [4.78, 5) is 11.2. The molecule has 5 N–H and O–H groups in total. The second-order valence-electron chi connectivity index (χ2n) is 6.54. The fourth-order valence-corrected chi connectivity index (χ4v) is 4.89. The summed E-state index contributed by atoms with van der Waals surface area (Å²) < 4.78 is 0. The third-order valence-electron chi connectivity index (χ3n) is 5.16. The molecule has 0 spiro atoms. The molecule has 4 fully saturated rings. The van der Waals surface area contributed by atoms with Crippen molar-refractivity contribution in [3.63, 3.8) is 0 Å². The standard InChI is InChI=1S/C12H19NO4/c13-12(17,9(14)15)10-2-7-1-8(3-10)5-11(16,4-7)6-10/h7-8,16-17H,1-6,13H2,(H,14,15)/t7?,8?,10?,11?,12-/m1/s1. The lowest BCUT2D eigenvalue weighted by atomic mass is 9.45. The molecule has 3 atom stereocenters. The monoisotopic (exact) mass is 241 g/mol. The van der Waals surface area contributed by atoms with Gasteiger partial charge in [-0.05, 0) is 50.4 Å². The van der Waals surface area contributed by atoms with Crippen LogP contribution >= 0.6 is 0 Å². The third kappa shape index (κ3) is 1.39. The topological polar surface area (TPSA) is 104 Å². The molecule has 4 saturated carbocycles. The van der Waals surface area contributed by atoms with Crippen LogP contribution in [0, 0.1) is 17.3 Å². The van der Waals surface area contributed by atoms with Crippen LogP contribution in [0.3, 0.4) is 0 Å². The highest BCUT2D eigenvalue weighted by molar-refractivity contribution is 5.77. The first-order valence-electron chi connectivity index (χ1n) is 6.23. The van der Waals surface area contributed by atoms with Crippen molar-refractivity contribution in [1.82, 2.24) is 0 Å². The molecular formula is C12H19NO4. The van der Waals surface area contributed by atoms with E-state index in [9.17, 15) is 15.0 Å². The molecule has 4 bridgehead atoms. The second-order valence-corrected chi connectivity index (χ2v) is 6.54. The van der Waals surface area contributed by atoms with E-state index in [0.717, 1.165) is 19.3 Å². The molecule has 2 unspecified atom stereocenters. The minimum Gasteiger partial charge on any atom is -0.478 e. The van der Waals surface area contributed by atoms with Gasteiger partial charge < -0.3 is 15.3 Å².